The topological polar surface area (TPSA) is 56.1 Å². The minimum Gasteiger partial charge on any atom is -0.370 e. The van der Waals surface area contributed by atoms with E-state index in [-0.39, 0.29) is 6.10 Å². The van der Waals surface area contributed by atoms with E-state index >= 15 is 0 Å². The highest BCUT2D eigenvalue weighted by Crippen LogP contribution is 2.31. The molecule has 0 unspecified atom stereocenters. The third-order valence-corrected chi connectivity index (χ3v) is 5.53. The van der Waals surface area contributed by atoms with Crippen molar-refractivity contribution in [3.63, 3.8) is 0 Å². The molecule has 1 atom stereocenters. The number of hydrogen-bond acceptors (Lipinski definition) is 5. The highest BCUT2D eigenvalue weighted by Gasteiger charge is 2.27. The van der Waals surface area contributed by atoms with E-state index in [0.717, 1.165) is 68.1 Å². The molecule has 0 bridgehead atoms. The zero-order valence-electron chi connectivity index (χ0n) is 14.4. The summed E-state index contributed by atoms with van der Waals surface area (Å²) in [6, 6.07) is 7.99. The molecule has 1 saturated heterocycles. The number of aromatic nitrogens is 4. The van der Waals surface area contributed by atoms with Crippen LogP contribution in [0.1, 0.15) is 30.6 Å². The molecule has 2 aliphatic rings. The van der Waals surface area contributed by atoms with E-state index in [2.05, 4.69) is 36.8 Å². The van der Waals surface area contributed by atoms with E-state index in [1.165, 1.54) is 5.69 Å². The van der Waals surface area contributed by atoms with Gasteiger partial charge in [0.2, 0.25) is 0 Å². The van der Waals surface area contributed by atoms with E-state index in [1.54, 1.807) is 0 Å². The summed E-state index contributed by atoms with van der Waals surface area (Å²) in [5, 5.41) is 10.7. The Hall–Kier alpha value is -2.18. The number of nitrogens with zero attached hydrogens (tertiary/aromatic N) is 5. The van der Waals surface area contributed by atoms with Crippen LogP contribution in [-0.4, -0.2) is 39.4 Å². The molecular formula is C19H20ClN5O. The molecule has 7 heteroatoms. The third kappa shape index (κ3) is 2.73. The molecule has 2 aliphatic heterocycles. The summed E-state index contributed by atoms with van der Waals surface area (Å²) in [4.78, 5) is 6.87. The van der Waals surface area contributed by atoms with Crippen molar-refractivity contribution in [3.8, 4) is 0 Å². The number of halogens is 1. The van der Waals surface area contributed by atoms with E-state index in [9.17, 15) is 0 Å². The standard InChI is InChI=1S/C19H20ClN5O/c20-13-3-4-14-15(12-13)21-7-5-16(14)24-8-6-18-22-23-19(25(18)10-9-24)17-2-1-11-26-17/h3-5,7,12,17H,1-2,6,8-11H2/t17-/m0/s1. The Morgan fingerprint density at radius 1 is 1.12 bits per heavy atom. The Labute approximate surface area is 156 Å². The first-order valence-corrected chi connectivity index (χ1v) is 9.50. The van der Waals surface area contributed by atoms with Gasteiger partial charge in [-0.3, -0.25) is 4.98 Å². The Morgan fingerprint density at radius 3 is 2.96 bits per heavy atom. The Morgan fingerprint density at radius 2 is 2.08 bits per heavy atom. The number of rotatable bonds is 2. The number of pyridine rings is 1. The van der Waals surface area contributed by atoms with Crippen molar-refractivity contribution < 1.29 is 4.74 Å². The van der Waals surface area contributed by atoms with Gasteiger partial charge in [-0.1, -0.05) is 11.6 Å². The fraction of sp³-hybridized carbons (Fsp3) is 0.421. The van der Waals surface area contributed by atoms with Crippen molar-refractivity contribution in [2.45, 2.75) is 31.9 Å². The van der Waals surface area contributed by atoms with Crippen LogP contribution in [0.3, 0.4) is 0 Å². The van der Waals surface area contributed by atoms with Gasteiger partial charge in [-0.05, 0) is 37.1 Å². The molecule has 0 saturated carbocycles. The van der Waals surface area contributed by atoms with Gasteiger partial charge in [0.05, 0.1) is 5.52 Å². The fourth-order valence-electron chi connectivity index (χ4n) is 3.99. The lowest BCUT2D eigenvalue weighted by molar-refractivity contribution is 0.101. The average molecular weight is 370 g/mol. The second-order valence-electron chi connectivity index (χ2n) is 6.86. The second-order valence-corrected chi connectivity index (χ2v) is 7.29. The first-order valence-electron chi connectivity index (χ1n) is 9.12. The van der Waals surface area contributed by atoms with Crippen LogP contribution in [0.25, 0.3) is 10.9 Å². The summed E-state index contributed by atoms with van der Waals surface area (Å²) in [6.45, 7) is 3.51. The summed E-state index contributed by atoms with van der Waals surface area (Å²) in [6.07, 6.45) is 4.97. The molecule has 0 radical (unpaired) electrons. The molecule has 1 fully saturated rings. The van der Waals surface area contributed by atoms with E-state index < -0.39 is 0 Å². The molecule has 6 nitrogen and oxygen atoms in total. The lowest BCUT2D eigenvalue weighted by Gasteiger charge is -2.24. The molecule has 0 aliphatic carbocycles. The van der Waals surface area contributed by atoms with Gasteiger partial charge in [0.25, 0.3) is 0 Å². The Balaban J connectivity index is 1.45. The summed E-state index contributed by atoms with van der Waals surface area (Å²) in [7, 11) is 0. The summed E-state index contributed by atoms with van der Waals surface area (Å²) in [5.74, 6) is 2.05. The summed E-state index contributed by atoms with van der Waals surface area (Å²) >= 11 is 6.12. The molecule has 1 aromatic carbocycles. The van der Waals surface area contributed by atoms with Gasteiger partial charge >= 0.3 is 0 Å². The first-order chi connectivity index (χ1) is 12.8. The highest BCUT2D eigenvalue weighted by molar-refractivity contribution is 6.31. The first kappa shape index (κ1) is 16.0. The van der Waals surface area contributed by atoms with Gasteiger partial charge in [0, 0.05) is 55.0 Å². The van der Waals surface area contributed by atoms with Gasteiger partial charge in [-0.2, -0.15) is 0 Å². The summed E-state index contributed by atoms with van der Waals surface area (Å²) in [5.41, 5.74) is 2.13. The van der Waals surface area contributed by atoms with Crippen LogP contribution in [0.2, 0.25) is 5.02 Å². The molecule has 3 aromatic rings. The van der Waals surface area contributed by atoms with Crippen LogP contribution in [0.5, 0.6) is 0 Å². The van der Waals surface area contributed by atoms with Gasteiger partial charge in [0.15, 0.2) is 5.82 Å². The van der Waals surface area contributed by atoms with Crippen molar-refractivity contribution in [3.05, 3.63) is 47.1 Å². The van der Waals surface area contributed by atoms with E-state index in [1.807, 2.05) is 18.3 Å². The highest BCUT2D eigenvalue weighted by atomic mass is 35.5. The monoisotopic (exact) mass is 369 g/mol. The molecule has 5 rings (SSSR count). The fourth-order valence-corrected chi connectivity index (χ4v) is 4.15. The van der Waals surface area contributed by atoms with Crippen LogP contribution in [0.15, 0.2) is 30.5 Å². The van der Waals surface area contributed by atoms with Gasteiger partial charge in [-0.15, -0.1) is 10.2 Å². The molecule has 134 valence electrons. The normalized spacial score (nSPS) is 20.3. The predicted molar refractivity (Wildman–Crippen MR) is 101 cm³/mol. The number of hydrogen-bond donors (Lipinski definition) is 0. The van der Waals surface area contributed by atoms with Crippen molar-refractivity contribution in [1.82, 2.24) is 19.7 Å². The molecule has 26 heavy (non-hydrogen) atoms. The largest absolute Gasteiger partial charge is 0.370 e. The molecular weight excluding hydrogens is 350 g/mol. The Kier molecular flexibility index (Phi) is 4.02. The van der Waals surface area contributed by atoms with Crippen molar-refractivity contribution in [2.75, 3.05) is 24.6 Å². The molecule has 2 aromatic heterocycles. The quantitative estimate of drug-likeness (QED) is 0.693. The third-order valence-electron chi connectivity index (χ3n) is 5.29. The summed E-state index contributed by atoms with van der Waals surface area (Å²) < 4.78 is 8.09. The zero-order chi connectivity index (χ0) is 17.5. The average Bonchev–Trinajstić information content (AvgIpc) is 3.27. The number of anilines is 1. The molecule has 0 spiro atoms. The van der Waals surface area contributed by atoms with Crippen molar-refractivity contribution in [2.24, 2.45) is 0 Å². The van der Waals surface area contributed by atoms with E-state index in [0.29, 0.717) is 5.02 Å². The van der Waals surface area contributed by atoms with E-state index in [4.69, 9.17) is 16.3 Å². The maximum atomic E-state index is 6.12. The number of benzene rings is 1. The van der Waals surface area contributed by atoms with Gasteiger partial charge < -0.3 is 14.2 Å². The van der Waals surface area contributed by atoms with Crippen LogP contribution >= 0.6 is 11.6 Å². The number of ether oxygens (including phenoxy) is 1. The second kappa shape index (κ2) is 6.52. The predicted octanol–water partition coefficient (Wildman–Crippen LogP) is 3.39. The van der Waals surface area contributed by atoms with Crippen LogP contribution in [-0.2, 0) is 17.7 Å². The lowest BCUT2D eigenvalue weighted by atomic mass is 10.1. The Bertz CT molecular complexity index is 950. The molecule has 0 amide bonds. The minimum atomic E-state index is 0.103. The SMILES string of the molecule is Clc1ccc2c(N3CCc4nnc([C@@H]5CCCO5)n4CC3)ccnc2c1. The van der Waals surface area contributed by atoms with Crippen LogP contribution < -0.4 is 4.90 Å². The van der Waals surface area contributed by atoms with Gasteiger partial charge in [-0.25, -0.2) is 0 Å². The van der Waals surface area contributed by atoms with Crippen molar-refractivity contribution in [1.29, 1.82) is 0 Å². The van der Waals surface area contributed by atoms with Gasteiger partial charge in [0.1, 0.15) is 11.9 Å². The molecule has 4 heterocycles. The zero-order valence-corrected chi connectivity index (χ0v) is 15.2. The van der Waals surface area contributed by atoms with Crippen LogP contribution in [0.4, 0.5) is 5.69 Å². The minimum absolute atomic E-state index is 0.103. The maximum absolute atomic E-state index is 6.12. The maximum Gasteiger partial charge on any atom is 0.162 e. The smallest absolute Gasteiger partial charge is 0.162 e. The number of fused-ring (bicyclic) bond motifs is 2. The molecule has 0 N–H and O–H groups in total. The van der Waals surface area contributed by atoms with Crippen LogP contribution in [0, 0.1) is 0 Å². The van der Waals surface area contributed by atoms with Crippen molar-refractivity contribution >= 4 is 28.2 Å². The lowest BCUT2D eigenvalue weighted by Crippen LogP contribution is -2.27.